The molecule has 0 saturated carbocycles. The lowest BCUT2D eigenvalue weighted by Crippen LogP contribution is -2.15. The minimum Gasteiger partial charge on any atom is -0.456 e. The second-order valence-electron chi connectivity index (χ2n) is 14.0. The molecule has 0 aliphatic heterocycles. The lowest BCUT2D eigenvalue weighted by atomic mass is 9.80. The predicted molar refractivity (Wildman–Crippen MR) is 206 cm³/mol. The highest BCUT2D eigenvalue weighted by Gasteiger charge is 2.38. The monoisotopic (exact) mass is 651 g/mol. The van der Waals surface area contributed by atoms with E-state index >= 15 is 0 Å². The summed E-state index contributed by atoms with van der Waals surface area (Å²) in [7, 11) is 0. The smallest absolute Gasteiger partial charge is 0.137 e. The molecular weight excluding hydrogens is 623 g/mol. The normalized spacial score (nSPS) is 13.0. The van der Waals surface area contributed by atoms with Gasteiger partial charge in [-0.3, -0.25) is 0 Å². The zero-order valence-electron chi connectivity index (χ0n) is 28.0. The van der Waals surface area contributed by atoms with E-state index in [1.54, 1.807) is 6.07 Å². The molecule has 2 aromatic heterocycles. The van der Waals surface area contributed by atoms with E-state index in [2.05, 4.69) is 122 Å². The molecular formula is C47H29N3O. The van der Waals surface area contributed by atoms with Gasteiger partial charge in [-0.2, -0.15) is 10.5 Å². The minimum atomic E-state index is -0.156. The van der Waals surface area contributed by atoms with Crippen molar-refractivity contribution in [3.8, 4) is 51.2 Å². The number of nitrogens with zero attached hydrogens (tertiary/aromatic N) is 3. The molecule has 238 valence electrons. The Morgan fingerprint density at radius 2 is 1.27 bits per heavy atom. The van der Waals surface area contributed by atoms with Crippen molar-refractivity contribution in [2.45, 2.75) is 19.3 Å². The maximum absolute atomic E-state index is 10.00. The highest BCUT2D eigenvalue weighted by Crippen LogP contribution is 2.53. The molecule has 10 rings (SSSR count). The summed E-state index contributed by atoms with van der Waals surface area (Å²) in [5.41, 5.74) is 15.0. The molecule has 0 saturated heterocycles. The van der Waals surface area contributed by atoms with E-state index < -0.39 is 0 Å². The van der Waals surface area contributed by atoms with Crippen LogP contribution >= 0.6 is 0 Å². The number of hydrogen-bond donors (Lipinski definition) is 0. The summed E-state index contributed by atoms with van der Waals surface area (Å²) in [6.07, 6.45) is 0. The van der Waals surface area contributed by atoms with Gasteiger partial charge in [0.05, 0.1) is 45.4 Å². The number of nitriles is 2. The van der Waals surface area contributed by atoms with Crippen molar-refractivity contribution in [2.75, 3.05) is 0 Å². The Morgan fingerprint density at radius 3 is 2.12 bits per heavy atom. The molecule has 0 radical (unpaired) electrons. The van der Waals surface area contributed by atoms with Crippen LogP contribution in [0, 0.1) is 22.7 Å². The van der Waals surface area contributed by atoms with E-state index in [9.17, 15) is 10.5 Å². The first kappa shape index (κ1) is 29.1. The first-order valence-electron chi connectivity index (χ1n) is 17.1. The number of rotatable bonds is 3. The van der Waals surface area contributed by atoms with Crippen molar-refractivity contribution < 1.29 is 4.42 Å². The summed E-state index contributed by atoms with van der Waals surface area (Å²) in [6, 6.07) is 52.7. The SMILES string of the molecule is CC1(C)c2ccccc2-c2ccc3c(c21)c1ccccc1n3-c1cccc2oc3ccc(-c4cc(C#N)cc(-c5cccc(C#N)c5)c4)cc3c12. The highest BCUT2D eigenvalue weighted by molar-refractivity contribution is 6.17. The molecule has 0 fully saturated rings. The van der Waals surface area contributed by atoms with Gasteiger partial charge in [0.1, 0.15) is 11.2 Å². The maximum atomic E-state index is 10.00. The van der Waals surface area contributed by atoms with Crippen LogP contribution in [0.15, 0.2) is 144 Å². The Kier molecular flexibility index (Phi) is 6.02. The van der Waals surface area contributed by atoms with E-state index in [1.165, 1.54) is 38.5 Å². The van der Waals surface area contributed by atoms with Crippen LogP contribution in [0.1, 0.15) is 36.1 Å². The second-order valence-corrected chi connectivity index (χ2v) is 14.0. The first-order chi connectivity index (χ1) is 24.9. The molecule has 0 unspecified atom stereocenters. The van der Waals surface area contributed by atoms with Gasteiger partial charge in [0.2, 0.25) is 0 Å². The predicted octanol–water partition coefficient (Wildman–Crippen LogP) is 12.1. The van der Waals surface area contributed by atoms with Gasteiger partial charge in [-0.15, -0.1) is 0 Å². The van der Waals surface area contributed by atoms with Crippen molar-refractivity contribution in [2.24, 2.45) is 0 Å². The van der Waals surface area contributed by atoms with Crippen LogP contribution in [0.2, 0.25) is 0 Å². The van der Waals surface area contributed by atoms with Crippen molar-refractivity contribution in [1.82, 2.24) is 4.57 Å². The summed E-state index contributed by atoms with van der Waals surface area (Å²) in [5.74, 6) is 0. The lowest BCUT2D eigenvalue weighted by Gasteiger charge is -2.22. The second kappa shape index (κ2) is 10.6. The van der Waals surface area contributed by atoms with Gasteiger partial charge in [0, 0.05) is 21.6 Å². The quantitative estimate of drug-likeness (QED) is 0.191. The third kappa shape index (κ3) is 4.11. The Morgan fingerprint density at radius 1 is 0.529 bits per heavy atom. The van der Waals surface area contributed by atoms with Gasteiger partial charge in [-0.1, -0.05) is 86.6 Å². The van der Waals surface area contributed by atoms with Gasteiger partial charge < -0.3 is 8.98 Å². The van der Waals surface area contributed by atoms with Crippen LogP contribution in [0.3, 0.4) is 0 Å². The number of para-hydroxylation sites is 1. The standard InChI is InChI=1S/C47H29N3O/c1-47(2)38-13-5-3-11-34(38)35-18-19-41-45(46(35)47)36-12-4-6-14-39(36)50(41)40-15-8-16-43-44(40)37-25-31(17-20-42(37)51-43)33-23-29(27-49)22-32(24-33)30-10-7-9-28(21-30)26-48/h3-25H,1-2H3. The summed E-state index contributed by atoms with van der Waals surface area (Å²) < 4.78 is 8.93. The molecule has 1 aliphatic carbocycles. The molecule has 7 aromatic carbocycles. The Labute approximate surface area is 294 Å². The molecule has 51 heavy (non-hydrogen) atoms. The van der Waals surface area contributed by atoms with Crippen molar-refractivity contribution in [1.29, 1.82) is 10.5 Å². The average molecular weight is 652 g/mol. The van der Waals surface area contributed by atoms with E-state index in [4.69, 9.17) is 4.42 Å². The maximum Gasteiger partial charge on any atom is 0.137 e. The molecule has 9 aromatic rings. The molecule has 1 aliphatic rings. The first-order valence-corrected chi connectivity index (χ1v) is 17.1. The number of benzene rings is 7. The summed E-state index contributed by atoms with van der Waals surface area (Å²) in [6.45, 7) is 4.70. The number of hydrogen-bond acceptors (Lipinski definition) is 3. The van der Waals surface area contributed by atoms with Crippen molar-refractivity contribution in [3.63, 3.8) is 0 Å². The summed E-state index contributed by atoms with van der Waals surface area (Å²) >= 11 is 0. The fourth-order valence-corrected chi connectivity index (χ4v) is 8.56. The zero-order chi connectivity index (χ0) is 34.4. The third-order valence-corrected chi connectivity index (χ3v) is 10.8. The number of aromatic nitrogens is 1. The molecule has 0 amide bonds. The van der Waals surface area contributed by atoms with Gasteiger partial charge in [-0.25, -0.2) is 0 Å². The van der Waals surface area contributed by atoms with Crippen LogP contribution in [0.25, 0.3) is 82.8 Å². The average Bonchev–Trinajstić information content (AvgIpc) is 3.80. The molecule has 0 atom stereocenters. The van der Waals surface area contributed by atoms with Gasteiger partial charge >= 0.3 is 0 Å². The molecule has 2 heterocycles. The third-order valence-electron chi connectivity index (χ3n) is 10.8. The van der Waals surface area contributed by atoms with Gasteiger partial charge in [0.15, 0.2) is 0 Å². The summed E-state index contributed by atoms with van der Waals surface area (Å²) in [5, 5.41) is 24.1. The fraction of sp³-hybridized carbons (Fsp3) is 0.0638. The zero-order valence-corrected chi connectivity index (χ0v) is 28.0. The van der Waals surface area contributed by atoms with Crippen LogP contribution in [-0.2, 0) is 5.41 Å². The van der Waals surface area contributed by atoms with Gasteiger partial charge in [0.25, 0.3) is 0 Å². The van der Waals surface area contributed by atoms with Crippen LogP contribution in [0.4, 0.5) is 0 Å². The largest absolute Gasteiger partial charge is 0.456 e. The Hall–Kier alpha value is -6.88. The molecule has 0 N–H and O–H groups in total. The van der Waals surface area contributed by atoms with E-state index in [0.29, 0.717) is 11.1 Å². The van der Waals surface area contributed by atoms with Crippen LogP contribution in [-0.4, -0.2) is 4.57 Å². The molecule has 0 bridgehead atoms. The highest BCUT2D eigenvalue weighted by atomic mass is 16.3. The van der Waals surface area contributed by atoms with E-state index in [0.717, 1.165) is 55.4 Å². The molecule has 4 nitrogen and oxygen atoms in total. The topological polar surface area (TPSA) is 65.7 Å². The van der Waals surface area contributed by atoms with E-state index in [-0.39, 0.29) is 5.41 Å². The van der Waals surface area contributed by atoms with Crippen LogP contribution in [0.5, 0.6) is 0 Å². The van der Waals surface area contributed by atoms with Crippen LogP contribution < -0.4 is 0 Å². The molecule has 0 spiro atoms. The minimum absolute atomic E-state index is 0.156. The fourth-order valence-electron chi connectivity index (χ4n) is 8.56. The Bertz CT molecular complexity index is 3030. The summed E-state index contributed by atoms with van der Waals surface area (Å²) in [4.78, 5) is 0. The Balaban J connectivity index is 1.22. The van der Waals surface area contributed by atoms with Crippen molar-refractivity contribution in [3.05, 3.63) is 162 Å². The van der Waals surface area contributed by atoms with E-state index in [1.807, 2.05) is 42.5 Å². The number of furan rings is 1. The molecule has 4 heteroatoms. The number of fused-ring (bicyclic) bond motifs is 10. The lowest BCUT2D eigenvalue weighted by molar-refractivity contribution is 0.666. The van der Waals surface area contributed by atoms with Crippen molar-refractivity contribution >= 4 is 43.7 Å². The van der Waals surface area contributed by atoms with Gasteiger partial charge in [-0.05, 0) is 111 Å².